The highest BCUT2D eigenvalue weighted by atomic mass is 32.1. The van der Waals surface area contributed by atoms with E-state index in [-0.39, 0.29) is 5.88 Å². The van der Waals surface area contributed by atoms with Crippen molar-refractivity contribution in [3.63, 3.8) is 0 Å². The number of rotatable bonds is 6. The molecule has 3 heterocycles. The smallest absolute Gasteiger partial charge is 0.272 e. The van der Waals surface area contributed by atoms with Gasteiger partial charge in [0.05, 0.1) is 17.6 Å². The van der Waals surface area contributed by atoms with E-state index >= 15 is 0 Å². The molecule has 8 heteroatoms. The van der Waals surface area contributed by atoms with Gasteiger partial charge in [-0.25, -0.2) is 23.7 Å². The van der Waals surface area contributed by atoms with Crippen molar-refractivity contribution in [2.75, 3.05) is 11.9 Å². The molecule has 0 saturated heterocycles. The second-order valence-electron chi connectivity index (χ2n) is 4.38. The Labute approximate surface area is 129 Å². The molecule has 114 valence electrons. The number of halogens is 2. The van der Waals surface area contributed by atoms with Crippen molar-refractivity contribution in [1.82, 2.24) is 15.0 Å². The average molecular weight is 322 g/mol. The molecule has 0 aliphatic rings. The lowest BCUT2D eigenvalue weighted by molar-refractivity contribution is 0.0795. The summed E-state index contributed by atoms with van der Waals surface area (Å²) in [5.74, 6) is 0.898. The SMILES string of the molecule is FC(F)COc1cccc(CNc2ncnc3sccc23)n1. The number of hydrogen-bond donors (Lipinski definition) is 1. The molecule has 0 unspecified atom stereocenters. The predicted octanol–water partition coefficient (Wildman–Crippen LogP) is 3.34. The fourth-order valence-corrected chi connectivity index (χ4v) is 2.62. The monoisotopic (exact) mass is 322 g/mol. The molecule has 3 aromatic rings. The summed E-state index contributed by atoms with van der Waals surface area (Å²) < 4.78 is 29.2. The molecule has 0 atom stereocenters. The number of aromatic nitrogens is 3. The van der Waals surface area contributed by atoms with Crippen LogP contribution in [0.4, 0.5) is 14.6 Å². The molecule has 0 fully saturated rings. The van der Waals surface area contributed by atoms with Crippen LogP contribution in [0.15, 0.2) is 36.0 Å². The minimum atomic E-state index is -2.52. The first-order valence-electron chi connectivity index (χ1n) is 6.51. The largest absolute Gasteiger partial charge is 0.472 e. The highest BCUT2D eigenvalue weighted by Gasteiger charge is 2.07. The van der Waals surface area contributed by atoms with Gasteiger partial charge in [0.1, 0.15) is 17.0 Å². The highest BCUT2D eigenvalue weighted by Crippen LogP contribution is 2.24. The van der Waals surface area contributed by atoms with Crippen molar-refractivity contribution >= 4 is 27.4 Å². The molecule has 5 nitrogen and oxygen atoms in total. The van der Waals surface area contributed by atoms with E-state index in [0.29, 0.717) is 18.1 Å². The number of pyridine rings is 1. The summed E-state index contributed by atoms with van der Waals surface area (Å²) in [7, 11) is 0. The summed E-state index contributed by atoms with van der Waals surface area (Å²) in [6, 6.07) is 6.99. The number of nitrogens with zero attached hydrogens (tertiary/aromatic N) is 3. The zero-order valence-corrected chi connectivity index (χ0v) is 12.2. The Balaban J connectivity index is 1.68. The van der Waals surface area contributed by atoms with Crippen molar-refractivity contribution in [3.8, 4) is 5.88 Å². The zero-order chi connectivity index (χ0) is 15.4. The quantitative estimate of drug-likeness (QED) is 0.754. The molecule has 0 saturated carbocycles. The van der Waals surface area contributed by atoms with Crippen LogP contribution in [0.3, 0.4) is 0 Å². The fourth-order valence-electron chi connectivity index (χ4n) is 1.89. The van der Waals surface area contributed by atoms with Gasteiger partial charge in [-0.3, -0.25) is 0 Å². The second-order valence-corrected chi connectivity index (χ2v) is 5.28. The minimum absolute atomic E-state index is 0.183. The van der Waals surface area contributed by atoms with Gasteiger partial charge in [0.25, 0.3) is 6.43 Å². The zero-order valence-electron chi connectivity index (χ0n) is 11.4. The lowest BCUT2D eigenvalue weighted by atomic mass is 10.3. The second kappa shape index (κ2) is 6.61. The summed E-state index contributed by atoms with van der Waals surface area (Å²) in [4.78, 5) is 13.4. The molecule has 0 amide bonds. The Bertz CT molecular complexity index is 765. The Morgan fingerprint density at radius 3 is 3.00 bits per heavy atom. The van der Waals surface area contributed by atoms with Crippen molar-refractivity contribution in [3.05, 3.63) is 41.7 Å². The van der Waals surface area contributed by atoms with Gasteiger partial charge in [-0.2, -0.15) is 0 Å². The number of hydrogen-bond acceptors (Lipinski definition) is 6. The van der Waals surface area contributed by atoms with Crippen LogP contribution in [-0.2, 0) is 6.54 Å². The van der Waals surface area contributed by atoms with E-state index in [0.717, 1.165) is 10.2 Å². The van der Waals surface area contributed by atoms with Gasteiger partial charge >= 0.3 is 0 Å². The van der Waals surface area contributed by atoms with Gasteiger partial charge in [-0.1, -0.05) is 6.07 Å². The molecule has 3 aromatic heterocycles. The van der Waals surface area contributed by atoms with Crippen LogP contribution >= 0.6 is 11.3 Å². The van der Waals surface area contributed by atoms with Gasteiger partial charge in [-0.05, 0) is 17.5 Å². The Kier molecular flexibility index (Phi) is 4.38. The Morgan fingerprint density at radius 1 is 1.23 bits per heavy atom. The molecular weight excluding hydrogens is 310 g/mol. The van der Waals surface area contributed by atoms with E-state index in [9.17, 15) is 8.78 Å². The maximum absolute atomic E-state index is 12.1. The first-order valence-corrected chi connectivity index (χ1v) is 7.39. The number of fused-ring (bicyclic) bond motifs is 1. The number of nitrogens with one attached hydrogen (secondary N) is 1. The topological polar surface area (TPSA) is 59.9 Å². The third-order valence-corrected chi connectivity index (χ3v) is 3.66. The molecule has 0 radical (unpaired) electrons. The minimum Gasteiger partial charge on any atom is -0.472 e. The number of ether oxygens (including phenoxy) is 1. The van der Waals surface area contributed by atoms with Crippen molar-refractivity contribution in [2.45, 2.75) is 13.0 Å². The van der Waals surface area contributed by atoms with E-state index in [1.54, 1.807) is 18.2 Å². The van der Waals surface area contributed by atoms with Crippen LogP contribution < -0.4 is 10.1 Å². The summed E-state index contributed by atoms with van der Waals surface area (Å²) >= 11 is 1.54. The van der Waals surface area contributed by atoms with E-state index in [4.69, 9.17) is 4.74 Å². The normalized spacial score (nSPS) is 11.0. The summed E-state index contributed by atoms with van der Waals surface area (Å²) in [6.07, 6.45) is -1.02. The first-order chi connectivity index (χ1) is 10.7. The molecule has 3 rings (SSSR count). The maximum Gasteiger partial charge on any atom is 0.272 e. The predicted molar refractivity (Wildman–Crippen MR) is 80.5 cm³/mol. The van der Waals surface area contributed by atoms with Crippen molar-refractivity contribution < 1.29 is 13.5 Å². The van der Waals surface area contributed by atoms with Gasteiger partial charge in [0, 0.05) is 6.07 Å². The molecule has 0 aliphatic heterocycles. The number of alkyl halides is 2. The van der Waals surface area contributed by atoms with Gasteiger partial charge in [0.15, 0.2) is 6.61 Å². The van der Waals surface area contributed by atoms with Crippen molar-refractivity contribution in [2.24, 2.45) is 0 Å². The molecule has 22 heavy (non-hydrogen) atoms. The van der Waals surface area contributed by atoms with Gasteiger partial charge in [0.2, 0.25) is 5.88 Å². The molecule has 0 aliphatic carbocycles. The van der Waals surface area contributed by atoms with E-state index in [1.807, 2.05) is 11.4 Å². The summed E-state index contributed by atoms with van der Waals surface area (Å²) in [5.41, 5.74) is 0.675. The Hall–Kier alpha value is -2.35. The standard InChI is InChI=1S/C14H12F2N4OS/c15-11(16)7-21-12-3-1-2-9(20-12)6-17-13-10-4-5-22-14(10)19-8-18-13/h1-5,8,11H,6-7H2,(H,17,18,19). The lowest BCUT2D eigenvalue weighted by Gasteiger charge is -2.08. The lowest BCUT2D eigenvalue weighted by Crippen LogP contribution is -2.09. The van der Waals surface area contributed by atoms with E-state index in [2.05, 4.69) is 20.3 Å². The molecule has 1 N–H and O–H groups in total. The first kappa shape index (κ1) is 14.6. The molecule has 0 bridgehead atoms. The average Bonchev–Trinajstić information content (AvgIpc) is 3.00. The van der Waals surface area contributed by atoms with Crippen LogP contribution in [0, 0.1) is 0 Å². The molecule has 0 spiro atoms. The van der Waals surface area contributed by atoms with Crippen molar-refractivity contribution in [1.29, 1.82) is 0 Å². The highest BCUT2D eigenvalue weighted by molar-refractivity contribution is 7.16. The molecule has 0 aromatic carbocycles. The summed E-state index contributed by atoms with van der Waals surface area (Å²) in [5, 5.41) is 6.06. The van der Waals surface area contributed by atoms with Crippen LogP contribution in [0.1, 0.15) is 5.69 Å². The molecular formula is C14H12F2N4OS. The Morgan fingerprint density at radius 2 is 2.14 bits per heavy atom. The van der Waals surface area contributed by atoms with Crippen LogP contribution in [0.25, 0.3) is 10.2 Å². The van der Waals surface area contributed by atoms with Crippen LogP contribution in [-0.4, -0.2) is 28.0 Å². The van der Waals surface area contributed by atoms with E-state index < -0.39 is 13.0 Å². The maximum atomic E-state index is 12.1. The fraction of sp³-hybridized carbons (Fsp3) is 0.214. The van der Waals surface area contributed by atoms with Gasteiger partial charge in [-0.15, -0.1) is 11.3 Å². The number of anilines is 1. The van der Waals surface area contributed by atoms with Crippen LogP contribution in [0.5, 0.6) is 5.88 Å². The van der Waals surface area contributed by atoms with E-state index in [1.165, 1.54) is 17.7 Å². The van der Waals surface area contributed by atoms with Crippen LogP contribution in [0.2, 0.25) is 0 Å². The summed E-state index contributed by atoms with van der Waals surface area (Å²) in [6.45, 7) is -0.251. The number of thiophene rings is 1. The third kappa shape index (κ3) is 3.45. The van der Waals surface area contributed by atoms with Gasteiger partial charge < -0.3 is 10.1 Å². The third-order valence-electron chi connectivity index (χ3n) is 2.84.